The van der Waals surface area contributed by atoms with Crippen LogP contribution in [0.25, 0.3) is 0 Å². The summed E-state index contributed by atoms with van der Waals surface area (Å²) in [6, 6.07) is 1.40. The molecule has 116 valence electrons. The van der Waals surface area contributed by atoms with E-state index in [1.54, 1.807) is 13.8 Å². The summed E-state index contributed by atoms with van der Waals surface area (Å²) in [4.78, 5) is 22.2. The molecule has 1 aromatic rings. The molecule has 9 nitrogen and oxygen atoms in total. The topological polar surface area (TPSA) is 103 Å². The fourth-order valence-electron chi connectivity index (χ4n) is 2.05. The molecule has 9 heteroatoms. The second-order valence-electron chi connectivity index (χ2n) is 5.06. The van der Waals surface area contributed by atoms with Crippen molar-refractivity contribution in [2.24, 2.45) is 5.92 Å². The lowest BCUT2D eigenvalue weighted by atomic mass is 10.1. The maximum atomic E-state index is 12.1. The third-order valence-corrected chi connectivity index (χ3v) is 3.33. The Kier molecular flexibility index (Phi) is 4.86. The summed E-state index contributed by atoms with van der Waals surface area (Å²) in [6.07, 6.45) is 0. The van der Waals surface area contributed by atoms with Crippen molar-refractivity contribution in [1.29, 1.82) is 0 Å². The van der Waals surface area contributed by atoms with Crippen molar-refractivity contribution in [3.63, 3.8) is 0 Å². The van der Waals surface area contributed by atoms with Gasteiger partial charge in [-0.3, -0.25) is 10.2 Å². The van der Waals surface area contributed by atoms with Gasteiger partial charge in [0.2, 0.25) is 5.91 Å². The van der Waals surface area contributed by atoms with Crippen LogP contribution in [0.4, 0.5) is 5.82 Å². The fourth-order valence-corrected chi connectivity index (χ4v) is 2.05. The maximum Gasteiger partial charge on any atom is 0.390 e. The summed E-state index contributed by atoms with van der Waals surface area (Å²) in [5.74, 6) is -0.672. The number of aromatic nitrogens is 2. The highest BCUT2D eigenvalue weighted by Gasteiger charge is 2.22. The van der Waals surface area contributed by atoms with E-state index >= 15 is 0 Å². The van der Waals surface area contributed by atoms with E-state index in [2.05, 4.69) is 10.5 Å². The number of hydrogen-bond acceptors (Lipinski definition) is 6. The number of carbonyl (C=O) groups is 1. The zero-order chi connectivity index (χ0) is 15.4. The second kappa shape index (κ2) is 6.64. The van der Waals surface area contributed by atoms with Gasteiger partial charge in [-0.25, -0.2) is 5.01 Å². The Labute approximate surface area is 122 Å². The molecule has 1 saturated heterocycles. The van der Waals surface area contributed by atoms with Crippen molar-refractivity contribution in [1.82, 2.24) is 20.2 Å². The lowest BCUT2D eigenvalue weighted by Gasteiger charge is -2.28. The minimum Gasteiger partial charge on any atom is -0.379 e. The molecule has 1 fully saturated rings. The van der Waals surface area contributed by atoms with Crippen LogP contribution in [-0.4, -0.2) is 51.9 Å². The molecular weight excluding hydrogens is 278 g/mol. The molecule has 1 amide bonds. The minimum atomic E-state index is -0.540. The van der Waals surface area contributed by atoms with Crippen molar-refractivity contribution in [2.45, 2.75) is 20.4 Å². The molecule has 0 bridgehead atoms. The van der Waals surface area contributed by atoms with Gasteiger partial charge in [-0.2, -0.15) is 4.68 Å². The van der Waals surface area contributed by atoms with Gasteiger partial charge in [0, 0.05) is 13.1 Å². The van der Waals surface area contributed by atoms with Gasteiger partial charge in [-0.05, 0) is 11.8 Å². The van der Waals surface area contributed by atoms with E-state index in [-0.39, 0.29) is 17.6 Å². The van der Waals surface area contributed by atoms with Crippen LogP contribution in [0.5, 0.6) is 0 Å². The zero-order valence-corrected chi connectivity index (χ0v) is 12.1. The molecule has 2 rings (SSSR count). The molecule has 1 atom stereocenters. The smallest absolute Gasteiger partial charge is 0.379 e. The highest BCUT2D eigenvalue weighted by Crippen LogP contribution is 2.13. The average Bonchev–Trinajstić information content (AvgIpc) is 2.81. The Bertz CT molecular complexity index is 524. The number of aryl methyl sites for hydroxylation is 1. The number of amides is 1. The first-order chi connectivity index (χ1) is 9.97. The van der Waals surface area contributed by atoms with Crippen LogP contribution in [0.1, 0.15) is 12.6 Å². The van der Waals surface area contributed by atoms with E-state index in [4.69, 9.17) is 4.74 Å². The highest BCUT2D eigenvalue weighted by atomic mass is 16.6. The SMILES string of the molecule is Cc1cc([N+](=O)[O-])nn1C[C@H](C)C(=O)NN1CCOCC1. The molecule has 21 heavy (non-hydrogen) atoms. The molecule has 0 aromatic carbocycles. The minimum absolute atomic E-state index is 0.130. The number of nitrogens with one attached hydrogen (secondary N) is 1. The molecule has 1 N–H and O–H groups in total. The molecule has 1 aromatic heterocycles. The number of nitro groups is 1. The number of hydrazine groups is 1. The molecule has 2 heterocycles. The first kappa shape index (κ1) is 15.4. The first-order valence-electron chi connectivity index (χ1n) is 6.79. The van der Waals surface area contributed by atoms with Crippen LogP contribution in [0.15, 0.2) is 6.07 Å². The van der Waals surface area contributed by atoms with E-state index < -0.39 is 4.92 Å². The Morgan fingerprint density at radius 3 is 2.81 bits per heavy atom. The van der Waals surface area contributed by atoms with Crippen LogP contribution in [0, 0.1) is 23.0 Å². The summed E-state index contributed by atoms with van der Waals surface area (Å²) in [6.45, 7) is 6.30. The summed E-state index contributed by atoms with van der Waals surface area (Å²) in [7, 11) is 0. The Morgan fingerprint density at radius 1 is 1.57 bits per heavy atom. The van der Waals surface area contributed by atoms with Crippen molar-refractivity contribution < 1.29 is 14.5 Å². The summed E-state index contributed by atoms with van der Waals surface area (Å²) in [5, 5.41) is 16.4. The van der Waals surface area contributed by atoms with Gasteiger partial charge in [-0.1, -0.05) is 6.92 Å². The number of carbonyl (C=O) groups excluding carboxylic acids is 1. The second-order valence-corrected chi connectivity index (χ2v) is 5.06. The number of nitrogens with zero attached hydrogens (tertiary/aromatic N) is 4. The summed E-state index contributed by atoms with van der Waals surface area (Å²) in [5.41, 5.74) is 3.49. The third-order valence-electron chi connectivity index (χ3n) is 3.33. The van der Waals surface area contributed by atoms with E-state index in [0.717, 1.165) is 0 Å². The van der Waals surface area contributed by atoms with E-state index in [1.807, 2.05) is 5.01 Å². The van der Waals surface area contributed by atoms with Gasteiger partial charge < -0.3 is 14.9 Å². The monoisotopic (exact) mass is 297 g/mol. The molecule has 0 aliphatic carbocycles. The number of morpholine rings is 1. The van der Waals surface area contributed by atoms with Crippen LogP contribution in [0.2, 0.25) is 0 Å². The van der Waals surface area contributed by atoms with Crippen molar-refractivity contribution in [3.05, 3.63) is 21.9 Å². The lowest BCUT2D eigenvalue weighted by Crippen LogP contribution is -2.50. The van der Waals surface area contributed by atoms with Crippen molar-refractivity contribution in [2.75, 3.05) is 26.3 Å². The standard InChI is InChI=1S/C12H19N5O4/c1-9(12(18)14-15-3-5-21-6-4-15)8-16-10(2)7-11(13-16)17(19)20/h7,9H,3-6,8H2,1-2H3,(H,14,18)/t9-/m0/s1. The van der Waals surface area contributed by atoms with Gasteiger partial charge in [-0.15, -0.1) is 0 Å². The van der Waals surface area contributed by atoms with Crippen molar-refractivity contribution >= 4 is 11.7 Å². The number of rotatable bonds is 5. The van der Waals surface area contributed by atoms with E-state index in [0.29, 0.717) is 38.5 Å². The Morgan fingerprint density at radius 2 is 2.24 bits per heavy atom. The van der Waals surface area contributed by atoms with Gasteiger partial charge in [0.15, 0.2) is 0 Å². The Balaban J connectivity index is 1.92. The van der Waals surface area contributed by atoms with Crippen molar-refractivity contribution in [3.8, 4) is 0 Å². The molecule has 0 unspecified atom stereocenters. The van der Waals surface area contributed by atoms with Crippen LogP contribution >= 0.6 is 0 Å². The maximum absolute atomic E-state index is 12.1. The number of ether oxygens (including phenoxy) is 1. The van der Waals surface area contributed by atoms with Gasteiger partial charge >= 0.3 is 5.82 Å². The predicted molar refractivity (Wildman–Crippen MR) is 73.3 cm³/mol. The summed E-state index contributed by atoms with van der Waals surface area (Å²) < 4.78 is 6.70. The van der Waals surface area contributed by atoms with Gasteiger partial charge in [0.1, 0.15) is 0 Å². The third kappa shape index (κ3) is 3.99. The molecule has 0 spiro atoms. The van der Waals surface area contributed by atoms with E-state index in [9.17, 15) is 14.9 Å². The first-order valence-corrected chi connectivity index (χ1v) is 6.79. The lowest BCUT2D eigenvalue weighted by molar-refractivity contribution is -0.389. The molecule has 1 aliphatic rings. The summed E-state index contributed by atoms with van der Waals surface area (Å²) >= 11 is 0. The van der Waals surface area contributed by atoms with Gasteiger partial charge in [0.25, 0.3) is 0 Å². The number of hydrogen-bond donors (Lipinski definition) is 1. The molecule has 0 saturated carbocycles. The van der Waals surface area contributed by atoms with Gasteiger partial charge in [0.05, 0.1) is 42.5 Å². The normalized spacial score (nSPS) is 17.4. The fraction of sp³-hybridized carbons (Fsp3) is 0.667. The molecule has 1 aliphatic heterocycles. The quantitative estimate of drug-likeness (QED) is 0.611. The van der Waals surface area contributed by atoms with Crippen LogP contribution in [-0.2, 0) is 16.1 Å². The molecule has 0 radical (unpaired) electrons. The average molecular weight is 297 g/mol. The molecular formula is C12H19N5O4. The Hall–Kier alpha value is -2.00. The van der Waals surface area contributed by atoms with Crippen LogP contribution in [0.3, 0.4) is 0 Å². The van der Waals surface area contributed by atoms with Crippen LogP contribution < -0.4 is 5.43 Å². The largest absolute Gasteiger partial charge is 0.390 e. The zero-order valence-electron chi connectivity index (χ0n) is 12.1. The highest BCUT2D eigenvalue weighted by molar-refractivity contribution is 5.77. The van der Waals surface area contributed by atoms with E-state index in [1.165, 1.54) is 10.7 Å². The predicted octanol–water partition coefficient (Wildman–Crippen LogP) is 0.0992.